The fraction of sp³-hybridized carbons (Fsp3) is 1.00. The van der Waals surface area contributed by atoms with Gasteiger partial charge >= 0.3 is 0 Å². The van der Waals surface area contributed by atoms with Crippen molar-refractivity contribution in [1.82, 2.24) is 5.32 Å². The summed E-state index contributed by atoms with van der Waals surface area (Å²) in [4.78, 5) is 0. The highest BCUT2D eigenvalue weighted by Crippen LogP contribution is 2.48. The Bertz CT molecular complexity index is 306. The van der Waals surface area contributed by atoms with Gasteiger partial charge < -0.3 is 5.32 Å². The topological polar surface area (TPSA) is 46.2 Å². The summed E-state index contributed by atoms with van der Waals surface area (Å²) in [5, 5.41) is 3.44. The van der Waals surface area contributed by atoms with E-state index in [0.717, 1.165) is 37.3 Å². The minimum Gasteiger partial charge on any atom is -0.316 e. The van der Waals surface area contributed by atoms with Gasteiger partial charge in [0.1, 0.15) is 9.84 Å². The number of hydrogen-bond donors (Lipinski definition) is 1. The van der Waals surface area contributed by atoms with Crippen LogP contribution in [0.15, 0.2) is 0 Å². The van der Waals surface area contributed by atoms with E-state index in [4.69, 9.17) is 0 Å². The summed E-state index contributed by atoms with van der Waals surface area (Å²) < 4.78 is 21.9. The van der Waals surface area contributed by atoms with E-state index in [0.29, 0.717) is 5.75 Å². The van der Waals surface area contributed by atoms with Crippen LogP contribution in [0.1, 0.15) is 32.1 Å². The zero-order valence-electron chi connectivity index (χ0n) is 10.1. The van der Waals surface area contributed by atoms with E-state index in [1.54, 1.807) is 0 Å². The Labute approximate surface area is 98.9 Å². The van der Waals surface area contributed by atoms with Crippen molar-refractivity contribution in [1.29, 1.82) is 0 Å². The molecule has 0 aliphatic heterocycles. The first-order chi connectivity index (χ1) is 7.56. The van der Waals surface area contributed by atoms with E-state index in [1.165, 1.54) is 31.9 Å². The molecule has 0 spiro atoms. The Balaban J connectivity index is 1.56. The lowest BCUT2D eigenvalue weighted by molar-refractivity contribution is 0.380. The summed E-state index contributed by atoms with van der Waals surface area (Å²) in [6.07, 6.45) is 7.75. The molecule has 94 valence electrons. The number of rotatable bonds is 8. The standard InChI is InChI=1S/C12H23NO2S/c1-16(14,15)8-2-7-13-9-12(10-3-4-10)11-5-6-11/h10-13H,2-9H2,1H3. The van der Waals surface area contributed by atoms with Crippen LogP contribution in [0.3, 0.4) is 0 Å². The van der Waals surface area contributed by atoms with Crippen LogP contribution < -0.4 is 5.32 Å². The predicted molar refractivity (Wildman–Crippen MR) is 66.1 cm³/mol. The van der Waals surface area contributed by atoms with Crippen molar-refractivity contribution in [3.8, 4) is 0 Å². The lowest BCUT2D eigenvalue weighted by atomic mass is 9.98. The van der Waals surface area contributed by atoms with Gasteiger partial charge in [0.15, 0.2) is 0 Å². The summed E-state index contributed by atoms with van der Waals surface area (Å²) >= 11 is 0. The SMILES string of the molecule is CS(=O)(=O)CCCNCC(C1CC1)C1CC1. The quantitative estimate of drug-likeness (QED) is 0.658. The Kier molecular flexibility index (Phi) is 3.90. The van der Waals surface area contributed by atoms with Gasteiger partial charge in [-0.05, 0) is 62.9 Å². The van der Waals surface area contributed by atoms with Crippen LogP contribution in [0, 0.1) is 17.8 Å². The molecule has 0 atom stereocenters. The highest BCUT2D eigenvalue weighted by atomic mass is 32.2. The molecule has 2 rings (SSSR count). The Morgan fingerprint density at radius 3 is 2.19 bits per heavy atom. The molecular formula is C12H23NO2S. The van der Waals surface area contributed by atoms with Crippen LogP contribution >= 0.6 is 0 Å². The van der Waals surface area contributed by atoms with E-state index < -0.39 is 9.84 Å². The third kappa shape index (κ3) is 4.42. The molecule has 0 unspecified atom stereocenters. The molecule has 2 fully saturated rings. The highest BCUT2D eigenvalue weighted by molar-refractivity contribution is 7.90. The van der Waals surface area contributed by atoms with Crippen molar-refractivity contribution in [3.63, 3.8) is 0 Å². The summed E-state index contributed by atoms with van der Waals surface area (Å²) in [5.74, 6) is 3.17. The van der Waals surface area contributed by atoms with Crippen LogP contribution in [0.2, 0.25) is 0 Å². The van der Waals surface area contributed by atoms with Crippen LogP contribution in [-0.4, -0.2) is 33.5 Å². The van der Waals surface area contributed by atoms with Crippen molar-refractivity contribution in [2.45, 2.75) is 32.1 Å². The fourth-order valence-electron chi connectivity index (χ4n) is 2.50. The van der Waals surface area contributed by atoms with Gasteiger partial charge in [0.2, 0.25) is 0 Å². The van der Waals surface area contributed by atoms with Gasteiger partial charge in [-0.3, -0.25) is 0 Å². The molecule has 0 amide bonds. The minimum absolute atomic E-state index is 0.317. The summed E-state index contributed by atoms with van der Waals surface area (Å²) in [5.41, 5.74) is 0. The fourth-order valence-corrected chi connectivity index (χ4v) is 3.16. The molecule has 2 saturated carbocycles. The maximum absolute atomic E-state index is 10.9. The van der Waals surface area contributed by atoms with Crippen molar-refractivity contribution < 1.29 is 8.42 Å². The Hall–Kier alpha value is -0.0900. The number of sulfone groups is 1. The summed E-state index contributed by atoms with van der Waals surface area (Å²) in [6, 6.07) is 0. The average Bonchev–Trinajstić information content (AvgIpc) is 2.98. The van der Waals surface area contributed by atoms with E-state index in [1.807, 2.05) is 0 Å². The molecule has 4 heteroatoms. The lowest BCUT2D eigenvalue weighted by Crippen LogP contribution is -2.27. The summed E-state index contributed by atoms with van der Waals surface area (Å²) in [6.45, 7) is 1.96. The van der Waals surface area contributed by atoms with Gasteiger partial charge in [-0.1, -0.05) is 0 Å². The first-order valence-corrected chi connectivity index (χ1v) is 8.51. The van der Waals surface area contributed by atoms with Crippen LogP contribution in [0.25, 0.3) is 0 Å². The molecule has 0 bridgehead atoms. The zero-order valence-corrected chi connectivity index (χ0v) is 10.9. The smallest absolute Gasteiger partial charge is 0.147 e. The minimum atomic E-state index is -2.77. The molecule has 0 aromatic rings. The third-order valence-electron chi connectivity index (χ3n) is 3.70. The van der Waals surface area contributed by atoms with E-state index >= 15 is 0 Å². The van der Waals surface area contributed by atoms with Gasteiger partial charge in [-0.25, -0.2) is 8.42 Å². The summed E-state index contributed by atoms with van der Waals surface area (Å²) in [7, 11) is -2.77. The van der Waals surface area contributed by atoms with E-state index in [2.05, 4.69) is 5.32 Å². The Morgan fingerprint density at radius 2 is 1.75 bits per heavy atom. The Morgan fingerprint density at radius 1 is 1.19 bits per heavy atom. The number of nitrogens with one attached hydrogen (secondary N) is 1. The second kappa shape index (κ2) is 5.05. The van der Waals surface area contributed by atoms with Gasteiger partial charge in [0.05, 0.1) is 5.75 Å². The average molecular weight is 245 g/mol. The molecule has 0 heterocycles. The zero-order chi connectivity index (χ0) is 11.6. The molecule has 2 aliphatic rings. The van der Waals surface area contributed by atoms with Crippen LogP contribution in [0.4, 0.5) is 0 Å². The molecule has 2 aliphatic carbocycles. The van der Waals surface area contributed by atoms with Crippen LogP contribution in [0.5, 0.6) is 0 Å². The first kappa shape index (κ1) is 12.4. The second-order valence-electron chi connectivity index (χ2n) is 5.53. The second-order valence-corrected chi connectivity index (χ2v) is 7.79. The predicted octanol–water partition coefficient (Wildman–Crippen LogP) is 1.45. The van der Waals surface area contributed by atoms with Crippen molar-refractivity contribution >= 4 is 9.84 Å². The largest absolute Gasteiger partial charge is 0.316 e. The molecule has 0 radical (unpaired) electrons. The van der Waals surface area contributed by atoms with Crippen molar-refractivity contribution in [2.75, 3.05) is 25.1 Å². The van der Waals surface area contributed by atoms with Gasteiger partial charge in [0.25, 0.3) is 0 Å². The van der Waals surface area contributed by atoms with E-state index in [9.17, 15) is 8.42 Å². The molecule has 1 N–H and O–H groups in total. The van der Waals surface area contributed by atoms with Gasteiger partial charge in [-0.15, -0.1) is 0 Å². The first-order valence-electron chi connectivity index (χ1n) is 6.45. The maximum Gasteiger partial charge on any atom is 0.147 e. The third-order valence-corrected chi connectivity index (χ3v) is 4.73. The van der Waals surface area contributed by atoms with Crippen LogP contribution in [-0.2, 0) is 9.84 Å². The molecular weight excluding hydrogens is 222 g/mol. The molecule has 0 saturated heterocycles. The highest BCUT2D eigenvalue weighted by Gasteiger charge is 2.40. The molecule has 16 heavy (non-hydrogen) atoms. The van der Waals surface area contributed by atoms with Gasteiger partial charge in [0, 0.05) is 6.26 Å². The molecule has 0 aromatic carbocycles. The normalized spacial score (nSPS) is 21.6. The number of hydrogen-bond acceptors (Lipinski definition) is 3. The van der Waals surface area contributed by atoms with Crippen molar-refractivity contribution in [2.24, 2.45) is 17.8 Å². The lowest BCUT2D eigenvalue weighted by Gasteiger charge is -2.15. The molecule has 3 nitrogen and oxygen atoms in total. The van der Waals surface area contributed by atoms with Gasteiger partial charge in [-0.2, -0.15) is 0 Å². The van der Waals surface area contributed by atoms with E-state index in [-0.39, 0.29) is 0 Å². The molecule has 0 aromatic heterocycles. The monoisotopic (exact) mass is 245 g/mol. The van der Waals surface area contributed by atoms with Crippen molar-refractivity contribution in [3.05, 3.63) is 0 Å². The maximum atomic E-state index is 10.9.